The first-order valence-electron chi connectivity index (χ1n) is 5.88. The number of hydrogen-bond acceptors (Lipinski definition) is 4. The predicted octanol–water partition coefficient (Wildman–Crippen LogP) is 2.09. The highest BCUT2D eigenvalue weighted by atomic mass is 16.3. The molecule has 0 aliphatic carbocycles. The molecule has 0 aliphatic heterocycles. The fourth-order valence-corrected chi connectivity index (χ4v) is 1.73. The van der Waals surface area contributed by atoms with Gasteiger partial charge in [-0.1, -0.05) is 6.08 Å². The lowest BCUT2D eigenvalue weighted by molar-refractivity contribution is 0.469. The molecule has 0 atom stereocenters. The lowest BCUT2D eigenvalue weighted by Crippen LogP contribution is -1.97. The number of hydrogen-bond donors (Lipinski definition) is 2. The smallest absolute Gasteiger partial charge is 0.221 e. The minimum atomic E-state index is 0.259. The summed E-state index contributed by atoms with van der Waals surface area (Å²) in [6.07, 6.45) is 5.77. The zero-order valence-corrected chi connectivity index (χ0v) is 10.7. The van der Waals surface area contributed by atoms with E-state index < -0.39 is 0 Å². The Kier molecular flexibility index (Phi) is 3.66. The minimum Gasteiger partial charge on any atom is -0.508 e. The van der Waals surface area contributed by atoms with E-state index in [1.54, 1.807) is 30.6 Å². The highest BCUT2D eigenvalue weighted by Gasteiger charge is 2.01. The number of anilines is 1. The summed E-state index contributed by atoms with van der Waals surface area (Å²) in [6, 6.07) is 5.29. The lowest BCUT2D eigenvalue weighted by atomic mass is 10.1. The van der Waals surface area contributed by atoms with Crippen LogP contribution in [0.15, 0.2) is 42.2 Å². The van der Waals surface area contributed by atoms with E-state index in [0.717, 1.165) is 16.8 Å². The first kappa shape index (κ1) is 12.9. The molecular formula is C14H16N4O. The summed E-state index contributed by atoms with van der Waals surface area (Å²) in [4.78, 5) is 4.06. The van der Waals surface area contributed by atoms with E-state index in [9.17, 15) is 5.11 Å². The summed E-state index contributed by atoms with van der Waals surface area (Å²) in [7, 11) is 0. The maximum atomic E-state index is 9.67. The topological polar surface area (TPSA) is 76.4 Å². The maximum absolute atomic E-state index is 9.67. The van der Waals surface area contributed by atoms with Crippen molar-refractivity contribution in [2.24, 2.45) is 5.10 Å². The van der Waals surface area contributed by atoms with Crippen LogP contribution in [0.4, 0.5) is 5.95 Å². The van der Waals surface area contributed by atoms with E-state index in [-0.39, 0.29) is 5.75 Å². The van der Waals surface area contributed by atoms with Gasteiger partial charge in [0.05, 0.1) is 18.1 Å². The molecule has 0 unspecified atom stereocenters. The van der Waals surface area contributed by atoms with Crippen LogP contribution in [0.5, 0.6) is 5.75 Å². The largest absolute Gasteiger partial charge is 0.508 e. The standard InChI is InChI=1S/C14H16N4O/c1-3-4-12-7-11(5-6-13(12)19)8-16-18-9-10(2)17-14(18)15/h3,5-9,19H,1,4H2,2H3,(H2,15,17). The average molecular weight is 256 g/mol. The quantitative estimate of drug-likeness (QED) is 0.649. The van der Waals surface area contributed by atoms with Gasteiger partial charge in [-0.05, 0) is 42.7 Å². The molecule has 3 N–H and O–H groups in total. The van der Waals surface area contributed by atoms with Crippen molar-refractivity contribution in [3.05, 3.63) is 53.9 Å². The predicted molar refractivity (Wildman–Crippen MR) is 76.4 cm³/mol. The number of phenols is 1. The van der Waals surface area contributed by atoms with Gasteiger partial charge in [0, 0.05) is 0 Å². The molecule has 2 rings (SSSR count). The summed E-state index contributed by atoms with van der Waals surface area (Å²) in [5, 5.41) is 13.9. The Morgan fingerprint density at radius 2 is 2.32 bits per heavy atom. The van der Waals surface area contributed by atoms with Crippen molar-refractivity contribution in [1.82, 2.24) is 9.66 Å². The molecule has 1 heterocycles. The van der Waals surface area contributed by atoms with Crippen LogP contribution in [0.25, 0.3) is 0 Å². The number of aryl methyl sites for hydroxylation is 1. The molecule has 0 bridgehead atoms. The van der Waals surface area contributed by atoms with Gasteiger partial charge in [0.2, 0.25) is 5.95 Å². The van der Waals surface area contributed by atoms with Crippen LogP contribution < -0.4 is 5.73 Å². The third kappa shape index (κ3) is 3.01. The first-order chi connectivity index (χ1) is 9.10. The van der Waals surface area contributed by atoms with Gasteiger partial charge < -0.3 is 10.8 Å². The highest BCUT2D eigenvalue weighted by Crippen LogP contribution is 2.18. The van der Waals surface area contributed by atoms with E-state index >= 15 is 0 Å². The number of benzene rings is 1. The Morgan fingerprint density at radius 3 is 2.95 bits per heavy atom. The first-order valence-corrected chi connectivity index (χ1v) is 5.88. The number of aromatic nitrogens is 2. The Bertz CT molecular complexity index is 628. The molecule has 0 saturated heterocycles. The Hall–Kier alpha value is -2.56. The van der Waals surface area contributed by atoms with Gasteiger partial charge in [-0.25, -0.2) is 9.66 Å². The molecule has 5 nitrogen and oxygen atoms in total. The van der Waals surface area contributed by atoms with Crippen LogP contribution in [0.1, 0.15) is 16.8 Å². The van der Waals surface area contributed by atoms with Gasteiger partial charge in [0.1, 0.15) is 5.75 Å². The summed E-state index contributed by atoms with van der Waals surface area (Å²) in [6.45, 7) is 5.51. The van der Waals surface area contributed by atoms with Gasteiger partial charge in [0.25, 0.3) is 0 Å². The zero-order chi connectivity index (χ0) is 13.8. The molecule has 0 radical (unpaired) electrons. The molecule has 19 heavy (non-hydrogen) atoms. The summed E-state index contributed by atoms with van der Waals surface area (Å²) < 4.78 is 1.51. The van der Waals surface area contributed by atoms with Gasteiger partial charge in [-0.2, -0.15) is 5.10 Å². The van der Waals surface area contributed by atoms with E-state index in [1.807, 2.05) is 13.0 Å². The number of imidazole rings is 1. The SMILES string of the molecule is C=CCc1cc(C=Nn2cc(C)nc2N)ccc1O. The molecule has 0 aliphatic rings. The van der Waals surface area contributed by atoms with Crippen molar-refractivity contribution in [2.45, 2.75) is 13.3 Å². The second kappa shape index (κ2) is 5.39. The molecule has 2 aromatic rings. The molecule has 1 aromatic heterocycles. The zero-order valence-electron chi connectivity index (χ0n) is 10.7. The maximum Gasteiger partial charge on any atom is 0.221 e. The number of allylic oxidation sites excluding steroid dienone is 1. The van der Waals surface area contributed by atoms with Gasteiger partial charge >= 0.3 is 0 Å². The van der Waals surface area contributed by atoms with Crippen molar-refractivity contribution >= 4 is 12.2 Å². The fraction of sp³-hybridized carbons (Fsp3) is 0.143. The summed E-state index contributed by atoms with van der Waals surface area (Å²) in [5.41, 5.74) is 8.19. The van der Waals surface area contributed by atoms with Crippen molar-refractivity contribution in [2.75, 3.05) is 5.73 Å². The molecule has 0 amide bonds. The van der Waals surface area contributed by atoms with Crippen LogP contribution in [-0.4, -0.2) is 21.0 Å². The molecule has 5 heteroatoms. The van der Waals surface area contributed by atoms with E-state index in [0.29, 0.717) is 12.4 Å². The molecule has 0 spiro atoms. The van der Waals surface area contributed by atoms with Gasteiger partial charge in [-0.3, -0.25) is 0 Å². The fourth-order valence-electron chi connectivity index (χ4n) is 1.73. The molecule has 0 saturated carbocycles. The van der Waals surface area contributed by atoms with Crippen molar-refractivity contribution in [3.8, 4) is 5.75 Å². The van der Waals surface area contributed by atoms with Crippen molar-refractivity contribution in [3.63, 3.8) is 0 Å². The van der Waals surface area contributed by atoms with Crippen molar-refractivity contribution in [1.29, 1.82) is 0 Å². The van der Waals surface area contributed by atoms with E-state index in [1.165, 1.54) is 4.68 Å². The molecule has 0 fully saturated rings. The Labute approximate surface area is 111 Å². The normalized spacial score (nSPS) is 11.0. The second-order valence-electron chi connectivity index (χ2n) is 4.21. The van der Waals surface area contributed by atoms with Gasteiger partial charge in [0.15, 0.2) is 0 Å². The number of nitrogen functional groups attached to an aromatic ring is 1. The van der Waals surface area contributed by atoms with Crippen LogP contribution >= 0.6 is 0 Å². The Balaban J connectivity index is 2.25. The molecule has 1 aromatic carbocycles. The van der Waals surface area contributed by atoms with Crippen LogP contribution in [-0.2, 0) is 6.42 Å². The molecular weight excluding hydrogens is 240 g/mol. The second-order valence-corrected chi connectivity index (χ2v) is 4.21. The van der Waals surface area contributed by atoms with E-state index in [4.69, 9.17) is 5.73 Å². The molecule has 98 valence electrons. The highest BCUT2D eigenvalue weighted by molar-refractivity contribution is 5.80. The third-order valence-electron chi connectivity index (χ3n) is 2.63. The van der Waals surface area contributed by atoms with Crippen LogP contribution in [0.2, 0.25) is 0 Å². The van der Waals surface area contributed by atoms with Crippen molar-refractivity contribution < 1.29 is 5.11 Å². The Morgan fingerprint density at radius 1 is 1.53 bits per heavy atom. The van der Waals surface area contributed by atoms with Crippen LogP contribution in [0.3, 0.4) is 0 Å². The number of phenolic OH excluding ortho intramolecular Hbond substituents is 1. The number of nitrogens with two attached hydrogens (primary N) is 1. The minimum absolute atomic E-state index is 0.259. The third-order valence-corrected chi connectivity index (χ3v) is 2.63. The number of nitrogens with zero attached hydrogens (tertiary/aromatic N) is 3. The van der Waals surface area contributed by atoms with Gasteiger partial charge in [-0.15, -0.1) is 6.58 Å². The van der Waals surface area contributed by atoms with Crippen LogP contribution in [0, 0.1) is 6.92 Å². The monoisotopic (exact) mass is 256 g/mol. The lowest BCUT2D eigenvalue weighted by Gasteiger charge is -2.02. The summed E-state index contributed by atoms with van der Waals surface area (Å²) >= 11 is 0. The summed E-state index contributed by atoms with van der Waals surface area (Å²) in [5.74, 6) is 0.605. The average Bonchev–Trinajstić information content (AvgIpc) is 2.69. The van der Waals surface area contributed by atoms with E-state index in [2.05, 4.69) is 16.7 Å². The number of rotatable bonds is 4. The number of aromatic hydroxyl groups is 1.